The van der Waals surface area contributed by atoms with Gasteiger partial charge >= 0.3 is 5.97 Å². The molecule has 1 atom stereocenters. The summed E-state index contributed by atoms with van der Waals surface area (Å²) in [6.07, 6.45) is 2.34. The van der Waals surface area contributed by atoms with Crippen molar-refractivity contribution in [3.05, 3.63) is 30.4 Å². The molecule has 7 nitrogen and oxygen atoms in total. The van der Waals surface area contributed by atoms with E-state index in [2.05, 4.69) is 11.9 Å². The van der Waals surface area contributed by atoms with Crippen LogP contribution in [-0.4, -0.2) is 44.4 Å². The third-order valence-electron chi connectivity index (χ3n) is 3.19. The largest absolute Gasteiger partial charge is 0.493 e. The van der Waals surface area contributed by atoms with Gasteiger partial charge in [-0.25, -0.2) is 4.79 Å². The number of benzene rings is 1. The number of ether oxygens (including phenoxy) is 3. The van der Waals surface area contributed by atoms with Crippen molar-refractivity contribution in [3.63, 3.8) is 0 Å². The van der Waals surface area contributed by atoms with E-state index in [0.29, 0.717) is 23.7 Å². The monoisotopic (exact) mass is 323 g/mol. The van der Waals surface area contributed by atoms with E-state index in [1.807, 2.05) is 0 Å². The summed E-state index contributed by atoms with van der Waals surface area (Å²) in [5.41, 5.74) is 0.212. The van der Waals surface area contributed by atoms with Gasteiger partial charge in [-0.3, -0.25) is 4.79 Å². The number of hydrogen-bond donors (Lipinski definition) is 2. The minimum Gasteiger partial charge on any atom is -0.493 e. The summed E-state index contributed by atoms with van der Waals surface area (Å²) in [5.74, 6) is -0.661. The summed E-state index contributed by atoms with van der Waals surface area (Å²) < 4.78 is 15.5. The van der Waals surface area contributed by atoms with Crippen LogP contribution in [-0.2, 0) is 4.79 Å². The summed E-state index contributed by atoms with van der Waals surface area (Å²) in [5, 5.41) is 11.6. The van der Waals surface area contributed by atoms with E-state index >= 15 is 0 Å². The van der Waals surface area contributed by atoms with E-state index < -0.39 is 17.9 Å². The van der Waals surface area contributed by atoms with Gasteiger partial charge in [-0.15, -0.1) is 6.58 Å². The van der Waals surface area contributed by atoms with Crippen LogP contribution in [0.1, 0.15) is 23.2 Å². The van der Waals surface area contributed by atoms with Crippen LogP contribution in [0.15, 0.2) is 24.8 Å². The number of carboxylic acids is 1. The molecule has 0 aromatic heterocycles. The number of rotatable bonds is 9. The number of allylic oxidation sites excluding steroid dienone is 1. The zero-order chi connectivity index (χ0) is 17.4. The molecule has 23 heavy (non-hydrogen) atoms. The molecule has 1 unspecified atom stereocenters. The average molecular weight is 323 g/mol. The third kappa shape index (κ3) is 4.64. The summed E-state index contributed by atoms with van der Waals surface area (Å²) >= 11 is 0. The lowest BCUT2D eigenvalue weighted by molar-refractivity contribution is -0.139. The van der Waals surface area contributed by atoms with Crippen molar-refractivity contribution < 1.29 is 28.9 Å². The Morgan fingerprint density at radius 1 is 1.22 bits per heavy atom. The summed E-state index contributed by atoms with van der Waals surface area (Å²) in [7, 11) is 4.32. The normalized spacial score (nSPS) is 11.3. The summed E-state index contributed by atoms with van der Waals surface area (Å²) in [6, 6.07) is 1.92. The van der Waals surface area contributed by atoms with Gasteiger partial charge in [0, 0.05) is 5.56 Å². The number of methoxy groups -OCH3 is 3. The van der Waals surface area contributed by atoms with Crippen LogP contribution in [0.5, 0.6) is 17.2 Å². The van der Waals surface area contributed by atoms with Gasteiger partial charge in [0.25, 0.3) is 5.91 Å². The van der Waals surface area contributed by atoms with Crippen LogP contribution >= 0.6 is 0 Å². The lowest BCUT2D eigenvalue weighted by atomic mass is 10.1. The number of nitrogens with one attached hydrogen (secondary N) is 1. The van der Waals surface area contributed by atoms with Crippen molar-refractivity contribution in [2.45, 2.75) is 18.9 Å². The van der Waals surface area contributed by atoms with Crippen molar-refractivity contribution >= 4 is 11.9 Å². The SMILES string of the molecule is C=CCCC(NC(=O)c1cc(OC)c(OC)c(OC)c1)C(=O)O. The highest BCUT2D eigenvalue weighted by molar-refractivity contribution is 5.97. The molecule has 1 aromatic rings. The van der Waals surface area contributed by atoms with E-state index in [1.165, 1.54) is 33.5 Å². The lowest BCUT2D eigenvalue weighted by Crippen LogP contribution is -2.40. The maximum atomic E-state index is 12.3. The van der Waals surface area contributed by atoms with E-state index in [4.69, 9.17) is 19.3 Å². The van der Waals surface area contributed by atoms with Gasteiger partial charge in [0.15, 0.2) is 11.5 Å². The van der Waals surface area contributed by atoms with Crippen LogP contribution in [0.2, 0.25) is 0 Å². The fourth-order valence-corrected chi connectivity index (χ4v) is 2.00. The minimum absolute atomic E-state index is 0.212. The molecule has 0 aliphatic heterocycles. The molecular formula is C16H21NO6. The zero-order valence-electron chi connectivity index (χ0n) is 13.4. The first-order chi connectivity index (χ1) is 11.0. The molecule has 0 saturated carbocycles. The van der Waals surface area contributed by atoms with Crippen LogP contribution in [0.3, 0.4) is 0 Å². The maximum Gasteiger partial charge on any atom is 0.326 e. The van der Waals surface area contributed by atoms with Gasteiger partial charge in [0.2, 0.25) is 5.75 Å². The molecule has 7 heteroatoms. The maximum absolute atomic E-state index is 12.3. The van der Waals surface area contributed by atoms with E-state index in [-0.39, 0.29) is 12.0 Å². The number of hydrogen-bond acceptors (Lipinski definition) is 5. The molecule has 0 bridgehead atoms. The van der Waals surface area contributed by atoms with Gasteiger partial charge in [0.05, 0.1) is 21.3 Å². The van der Waals surface area contributed by atoms with Crippen LogP contribution in [0.25, 0.3) is 0 Å². The number of carboxylic acid groups (broad SMARTS) is 1. The van der Waals surface area contributed by atoms with Gasteiger partial charge in [-0.05, 0) is 25.0 Å². The highest BCUT2D eigenvalue weighted by Gasteiger charge is 2.22. The molecule has 0 aliphatic rings. The standard InChI is InChI=1S/C16H21NO6/c1-5-6-7-11(16(19)20)17-15(18)10-8-12(21-2)14(23-4)13(9-10)22-3/h5,8-9,11H,1,6-7H2,2-4H3,(H,17,18)(H,19,20). The minimum atomic E-state index is -1.10. The van der Waals surface area contributed by atoms with Crippen LogP contribution in [0.4, 0.5) is 0 Å². The van der Waals surface area contributed by atoms with Gasteiger partial charge in [-0.2, -0.15) is 0 Å². The molecule has 0 spiro atoms. The molecule has 1 rings (SSSR count). The second kappa shape index (κ2) is 8.67. The Balaban J connectivity index is 3.07. The first-order valence-corrected chi connectivity index (χ1v) is 6.93. The quantitative estimate of drug-likeness (QED) is 0.674. The highest BCUT2D eigenvalue weighted by atomic mass is 16.5. The van der Waals surface area contributed by atoms with Crippen LogP contribution in [0, 0.1) is 0 Å². The van der Waals surface area contributed by atoms with E-state index in [9.17, 15) is 9.59 Å². The van der Waals surface area contributed by atoms with Crippen molar-refractivity contribution in [2.75, 3.05) is 21.3 Å². The molecule has 2 N–H and O–H groups in total. The Hall–Kier alpha value is -2.70. The molecule has 0 heterocycles. The molecule has 0 radical (unpaired) electrons. The third-order valence-corrected chi connectivity index (χ3v) is 3.19. The number of carbonyl (C=O) groups excluding carboxylic acids is 1. The van der Waals surface area contributed by atoms with Crippen molar-refractivity contribution in [3.8, 4) is 17.2 Å². The molecule has 0 fully saturated rings. The van der Waals surface area contributed by atoms with Gasteiger partial charge < -0.3 is 24.6 Å². The fourth-order valence-electron chi connectivity index (χ4n) is 2.00. The number of amides is 1. The van der Waals surface area contributed by atoms with Crippen LogP contribution < -0.4 is 19.5 Å². The Morgan fingerprint density at radius 2 is 1.78 bits per heavy atom. The van der Waals surface area contributed by atoms with Crippen molar-refractivity contribution in [1.82, 2.24) is 5.32 Å². The summed E-state index contributed by atoms with van der Waals surface area (Å²) in [4.78, 5) is 23.5. The molecule has 1 amide bonds. The Bertz CT molecular complexity index is 559. The zero-order valence-corrected chi connectivity index (χ0v) is 13.4. The predicted molar refractivity (Wildman–Crippen MR) is 84.4 cm³/mol. The smallest absolute Gasteiger partial charge is 0.326 e. The first kappa shape index (κ1) is 18.3. The fraction of sp³-hybridized carbons (Fsp3) is 0.375. The molecular weight excluding hydrogens is 302 g/mol. The highest BCUT2D eigenvalue weighted by Crippen LogP contribution is 2.38. The second-order valence-corrected chi connectivity index (χ2v) is 4.64. The van der Waals surface area contributed by atoms with Gasteiger partial charge in [0.1, 0.15) is 6.04 Å². The first-order valence-electron chi connectivity index (χ1n) is 6.93. The molecule has 0 aliphatic carbocycles. The summed E-state index contributed by atoms with van der Waals surface area (Å²) in [6.45, 7) is 3.54. The topological polar surface area (TPSA) is 94.1 Å². The second-order valence-electron chi connectivity index (χ2n) is 4.64. The Morgan fingerprint density at radius 3 is 2.17 bits per heavy atom. The molecule has 0 saturated heterocycles. The Kier molecular flexibility index (Phi) is 6.92. The average Bonchev–Trinajstić information content (AvgIpc) is 2.56. The number of aliphatic carboxylic acids is 1. The molecule has 126 valence electrons. The Labute approximate surface area is 134 Å². The van der Waals surface area contributed by atoms with Crippen molar-refractivity contribution in [2.24, 2.45) is 0 Å². The number of carbonyl (C=O) groups is 2. The predicted octanol–water partition coefficient (Wildman–Crippen LogP) is 1.86. The lowest BCUT2D eigenvalue weighted by Gasteiger charge is -2.16. The molecule has 1 aromatic carbocycles. The van der Waals surface area contributed by atoms with Gasteiger partial charge in [-0.1, -0.05) is 6.08 Å². The van der Waals surface area contributed by atoms with Crippen molar-refractivity contribution in [1.29, 1.82) is 0 Å². The van der Waals surface area contributed by atoms with E-state index in [1.54, 1.807) is 6.08 Å². The van der Waals surface area contributed by atoms with E-state index in [0.717, 1.165) is 0 Å².